The number of tetrazole rings is 1. The third-order valence-corrected chi connectivity index (χ3v) is 2.36. The van der Waals surface area contributed by atoms with Crippen LogP contribution in [-0.4, -0.2) is 38.6 Å². The first kappa shape index (κ1) is 14.1. The fourth-order valence-electron chi connectivity index (χ4n) is 1.56. The molecule has 0 spiro atoms. The highest BCUT2D eigenvalue weighted by molar-refractivity contribution is 5.78. The van der Waals surface area contributed by atoms with Gasteiger partial charge in [-0.3, -0.25) is 9.59 Å². The number of hydrogen-bond acceptors (Lipinski definition) is 5. The summed E-state index contributed by atoms with van der Waals surface area (Å²) in [6.45, 7) is 3.04. The number of nitrogens with zero attached hydrogens (tertiary/aromatic N) is 4. The molecule has 0 aliphatic carbocycles. The van der Waals surface area contributed by atoms with E-state index in [1.54, 1.807) is 4.68 Å². The van der Waals surface area contributed by atoms with Crippen LogP contribution < -0.4 is 11.1 Å². The summed E-state index contributed by atoms with van der Waals surface area (Å²) >= 11 is 0. The minimum Gasteiger partial charge on any atom is -0.370 e. The maximum absolute atomic E-state index is 11.5. The summed E-state index contributed by atoms with van der Waals surface area (Å²) in [6.07, 6.45) is 2.82. The van der Waals surface area contributed by atoms with Crippen LogP contribution in [0.2, 0.25) is 0 Å². The van der Waals surface area contributed by atoms with Crippen LogP contribution in [0.1, 0.15) is 26.2 Å². The van der Waals surface area contributed by atoms with Gasteiger partial charge in [0, 0.05) is 25.9 Å². The molecule has 0 radical (unpaired) electrons. The van der Waals surface area contributed by atoms with E-state index >= 15 is 0 Å². The Kier molecular flexibility index (Phi) is 5.75. The Hall–Kier alpha value is -1.99. The molecule has 0 aromatic carbocycles. The second-order valence-electron chi connectivity index (χ2n) is 4.26. The van der Waals surface area contributed by atoms with Gasteiger partial charge in [0.25, 0.3) is 0 Å². The molecule has 0 bridgehead atoms. The van der Waals surface area contributed by atoms with E-state index < -0.39 is 0 Å². The van der Waals surface area contributed by atoms with Crippen LogP contribution in [0.3, 0.4) is 0 Å². The molecule has 0 unspecified atom stereocenters. The Balaban J connectivity index is 2.08. The van der Waals surface area contributed by atoms with Crippen LogP contribution >= 0.6 is 0 Å². The van der Waals surface area contributed by atoms with Gasteiger partial charge in [-0.05, 0) is 22.8 Å². The molecule has 3 N–H and O–H groups in total. The number of hydrogen-bond donors (Lipinski definition) is 2. The van der Waals surface area contributed by atoms with Gasteiger partial charge in [-0.25, -0.2) is 4.68 Å². The first-order chi connectivity index (χ1) is 8.58. The topological polar surface area (TPSA) is 116 Å². The molecule has 0 saturated heterocycles. The average Bonchev–Trinajstić information content (AvgIpc) is 2.75. The molecule has 2 amide bonds. The molecule has 1 aromatic rings. The average molecular weight is 254 g/mol. The van der Waals surface area contributed by atoms with Crippen molar-refractivity contribution in [2.75, 3.05) is 6.54 Å². The summed E-state index contributed by atoms with van der Waals surface area (Å²) < 4.78 is 1.60. The first-order valence-corrected chi connectivity index (χ1v) is 5.83. The zero-order valence-corrected chi connectivity index (χ0v) is 10.4. The van der Waals surface area contributed by atoms with Gasteiger partial charge in [0.15, 0.2) is 0 Å². The highest BCUT2D eigenvalue weighted by Gasteiger charge is 2.10. The van der Waals surface area contributed by atoms with Crippen LogP contribution in [0.5, 0.6) is 0 Å². The molecule has 1 rings (SSSR count). The number of rotatable bonds is 8. The van der Waals surface area contributed by atoms with E-state index in [1.165, 1.54) is 6.33 Å². The van der Waals surface area contributed by atoms with E-state index in [4.69, 9.17) is 5.73 Å². The molecule has 1 atom stereocenters. The quantitative estimate of drug-likeness (QED) is 0.582. The lowest BCUT2D eigenvalue weighted by Gasteiger charge is -2.09. The monoisotopic (exact) mass is 254 g/mol. The van der Waals surface area contributed by atoms with Crippen molar-refractivity contribution in [1.29, 1.82) is 0 Å². The van der Waals surface area contributed by atoms with Gasteiger partial charge in [0.05, 0.1) is 0 Å². The van der Waals surface area contributed by atoms with Crippen molar-refractivity contribution >= 4 is 11.8 Å². The Morgan fingerprint density at radius 1 is 1.44 bits per heavy atom. The van der Waals surface area contributed by atoms with Gasteiger partial charge < -0.3 is 11.1 Å². The third-order valence-electron chi connectivity index (χ3n) is 2.36. The Morgan fingerprint density at radius 2 is 2.22 bits per heavy atom. The minimum absolute atomic E-state index is 0.0259. The number of amides is 2. The molecule has 0 aliphatic heterocycles. The number of nitrogens with one attached hydrogen (secondary N) is 1. The number of aryl methyl sites for hydroxylation is 1. The number of carbonyl (C=O) groups is 2. The molecular formula is C10H18N6O2. The highest BCUT2D eigenvalue weighted by Crippen LogP contribution is 2.05. The Labute approximate surface area is 105 Å². The molecular weight excluding hydrogens is 236 g/mol. The van der Waals surface area contributed by atoms with Crippen molar-refractivity contribution in [3.8, 4) is 0 Å². The van der Waals surface area contributed by atoms with Gasteiger partial charge >= 0.3 is 0 Å². The fourth-order valence-corrected chi connectivity index (χ4v) is 1.56. The zero-order valence-electron chi connectivity index (χ0n) is 10.4. The standard InChI is InChI=1S/C10H18N6O2/c1-8(5-9(11)17)6-10(18)12-3-2-4-16-7-13-14-15-16/h7-8H,2-6H2,1H3,(H2,11,17)(H,12,18)/t8-/m1/s1. The van der Waals surface area contributed by atoms with Gasteiger partial charge in [0.2, 0.25) is 11.8 Å². The minimum atomic E-state index is -0.381. The molecule has 8 heteroatoms. The van der Waals surface area contributed by atoms with Crippen molar-refractivity contribution < 1.29 is 9.59 Å². The van der Waals surface area contributed by atoms with Crippen LogP contribution in [0.4, 0.5) is 0 Å². The van der Waals surface area contributed by atoms with Crippen molar-refractivity contribution in [3.63, 3.8) is 0 Å². The predicted molar refractivity (Wildman–Crippen MR) is 63.0 cm³/mol. The van der Waals surface area contributed by atoms with Crippen LogP contribution in [0, 0.1) is 5.92 Å². The maximum atomic E-state index is 11.5. The Bertz CT molecular complexity index is 378. The first-order valence-electron chi connectivity index (χ1n) is 5.83. The van der Waals surface area contributed by atoms with E-state index in [9.17, 15) is 9.59 Å². The molecule has 0 saturated carbocycles. The van der Waals surface area contributed by atoms with Crippen LogP contribution in [0.25, 0.3) is 0 Å². The molecule has 100 valence electrons. The summed E-state index contributed by atoms with van der Waals surface area (Å²) in [7, 11) is 0. The second-order valence-corrected chi connectivity index (χ2v) is 4.26. The fraction of sp³-hybridized carbons (Fsp3) is 0.700. The van der Waals surface area contributed by atoms with Gasteiger partial charge in [-0.15, -0.1) is 5.10 Å². The predicted octanol–water partition coefficient (Wildman–Crippen LogP) is -0.919. The summed E-state index contributed by atoms with van der Waals surface area (Å²) in [5.74, 6) is -0.475. The van der Waals surface area contributed by atoms with Gasteiger partial charge in [-0.1, -0.05) is 6.92 Å². The van der Waals surface area contributed by atoms with Gasteiger partial charge in [0.1, 0.15) is 6.33 Å². The lowest BCUT2D eigenvalue weighted by molar-refractivity contribution is -0.122. The number of nitrogens with two attached hydrogens (primary N) is 1. The van der Waals surface area contributed by atoms with E-state index in [-0.39, 0.29) is 24.2 Å². The summed E-state index contributed by atoms with van der Waals surface area (Å²) in [5.41, 5.74) is 5.05. The van der Waals surface area contributed by atoms with Crippen LogP contribution in [0.15, 0.2) is 6.33 Å². The van der Waals surface area contributed by atoms with Gasteiger partial charge in [-0.2, -0.15) is 0 Å². The summed E-state index contributed by atoms with van der Waals surface area (Å²) in [4.78, 5) is 22.1. The molecule has 1 heterocycles. The lowest BCUT2D eigenvalue weighted by atomic mass is 10.0. The normalized spacial score (nSPS) is 12.1. The Morgan fingerprint density at radius 3 is 2.83 bits per heavy atom. The van der Waals surface area contributed by atoms with E-state index in [0.717, 1.165) is 6.42 Å². The maximum Gasteiger partial charge on any atom is 0.220 e. The highest BCUT2D eigenvalue weighted by atomic mass is 16.2. The van der Waals surface area contributed by atoms with Crippen molar-refractivity contribution in [3.05, 3.63) is 6.33 Å². The molecule has 0 aliphatic rings. The van der Waals surface area contributed by atoms with E-state index in [1.807, 2.05) is 6.92 Å². The van der Waals surface area contributed by atoms with Crippen molar-refractivity contribution in [2.24, 2.45) is 11.7 Å². The van der Waals surface area contributed by atoms with Crippen LogP contribution in [-0.2, 0) is 16.1 Å². The van der Waals surface area contributed by atoms with E-state index in [2.05, 4.69) is 20.8 Å². The number of carbonyl (C=O) groups excluding carboxylic acids is 2. The lowest BCUT2D eigenvalue weighted by Crippen LogP contribution is -2.28. The van der Waals surface area contributed by atoms with Crippen molar-refractivity contribution in [1.82, 2.24) is 25.5 Å². The SMILES string of the molecule is C[C@H](CC(N)=O)CC(=O)NCCCn1cnnn1. The summed E-state index contributed by atoms with van der Waals surface area (Å²) in [6, 6.07) is 0. The molecule has 0 fully saturated rings. The number of primary amides is 1. The molecule has 1 aromatic heterocycles. The third kappa shape index (κ3) is 5.92. The molecule has 8 nitrogen and oxygen atoms in total. The summed E-state index contributed by atoms with van der Waals surface area (Å²) in [5, 5.41) is 13.5. The van der Waals surface area contributed by atoms with Crippen molar-refractivity contribution in [2.45, 2.75) is 32.7 Å². The van der Waals surface area contributed by atoms with E-state index in [0.29, 0.717) is 19.5 Å². The smallest absolute Gasteiger partial charge is 0.220 e. The zero-order chi connectivity index (χ0) is 13.4. The second kappa shape index (κ2) is 7.36. The molecule has 18 heavy (non-hydrogen) atoms. The largest absolute Gasteiger partial charge is 0.370 e. The number of aromatic nitrogens is 4.